The number of urea groups is 1. The molecule has 4 heterocycles. The first-order valence-electron chi connectivity index (χ1n) is 12.7. The van der Waals surface area contributed by atoms with Gasteiger partial charge in [-0.3, -0.25) is 19.6 Å². The number of imide groups is 1. The number of aryl methyl sites for hydroxylation is 2. The summed E-state index contributed by atoms with van der Waals surface area (Å²) in [4.78, 5) is 41.6. The van der Waals surface area contributed by atoms with E-state index in [1.165, 1.54) is 4.90 Å². The first-order valence-corrected chi connectivity index (χ1v) is 12.7. The molecule has 36 heavy (non-hydrogen) atoms. The zero-order chi connectivity index (χ0) is 25.1. The van der Waals surface area contributed by atoms with Gasteiger partial charge in [0.15, 0.2) is 0 Å². The summed E-state index contributed by atoms with van der Waals surface area (Å²) in [5.74, 6) is 0.950. The van der Waals surface area contributed by atoms with E-state index in [2.05, 4.69) is 20.5 Å². The fourth-order valence-electron chi connectivity index (χ4n) is 5.56. The maximum atomic E-state index is 13.7. The number of benzene rings is 1. The third-order valence-corrected chi connectivity index (χ3v) is 7.64. The van der Waals surface area contributed by atoms with Crippen LogP contribution in [0.3, 0.4) is 0 Å². The molecule has 190 valence electrons. The van der Waals surface area contributed by atoms with Crippen LogP contribution in [0, 0.1) is 0 Å². The molecule has 0 unspecified atom stereocenters. The van der Waals surface area contributed by atoms with E-state index < -0.39 is 5.54 Å². The van der Waals surface area contributed by atoms with E-state index in [0.29, 0.717) is 32.5 Å². The van der Waals surface area contributed by atoms with Crippen LogP contribution >= 0.6 is 0 Å². The molecule has 3 amide bonds. The fraction of sp³-hybridized carbons (Fsp3) is 0.481. The van der Waals surface area contributed by atoms with Gasteiger partial charge in [-0.15, -0.1) is 0 Å². The summed E-state index contributed by atoms with van der Waals surface area (Å²) in [5.41, 5.74) is 2.43. The van der Waals surface area contributed by atoms with Crippen molar-refractivity contribution in [2.75, 3.05) is 39.9 Å². The first kappa shape index (κ1) is 24.4. The zero-order valence-electron chi connectivity index (χ0n) is 21.1. The minimum atomic E-state index is -0.785. The number of methoxy groups -OCH3 is 1. The number of hydrogen-bond acceptors (Lipinski definition) is 6. The summed E-state index contributed by atoms with van der Waals surface area (Å²) in [6.07, 6.45) is 6.31. The Hall–Kier alpha value is -3.30. The summed E-state index contributed by atoms with van der Waals surface area (Å²) in [6, 6.07) is 11.9. The molecule has 0 aliphatic carbocycles. The van der Waals surface area contributed by atoms with Crippen molar-refractivity contribution in [2.45, 2.75) is 37.8 Å². The van der Waals surface area contributed by atoms with E-state index in [0.717, 1.165) is 54.9 Å². The number of carbonyl (C=O) groups is 2. The van der Waals surface area contributed by atoms with E-state index in [1.807, 2.05) is 43.6 Å². The van der Waals surface area contributed by atoms with Gasteiger partial charge in [0.05, 0.1) is 24.2 Å². The molecule has 0 radical (unpaired) electrons. The van der Waals surface area contributed by atoms with Crippen molar-refractivity contribution in [3.05, 3.63) is 60.2 Å². The maximum absolute atomic E-state index is 13.7. The molecule has 0 N–H and O–H groups in total. The average Bonchev–Trinajstić information content (AvgIpc) is 3.31. The van der Waals surface area contributed by atoms with E-state index in [9.17, 15) is 9.59 Å². The summed E-state index contributed by atoms with van der Waals surface area (Å²) in [6.45, 7) is 3.43. The number of pyridine rings is 1. The molecule has 9 heteroatoms. The highest BCUT2D eigenvalue weighted by Gasteiger charge is 2.57. The molecule has 0 atom stereocenters. The summed E-state index contributed by atoms with van der Waals surface area (Å²) < 4.78 is 7.42. The number of amides is 3. The van der Waals surface area contributed by atoms with E-state index in [-0.39, 0.29) is 11.9 Å². The maximum Gasteiger partial charge on any atom is 0.327 e. The van der Waals surface area contributed by atoms with E-state index in [4.69, 9.17) is 9.72 Å². The predicted octanol–water partition coefficient (Wildman–Crippen LogP) is 2.85. The van der Waals surface area contributed by atoms with Crippen LogP contribution in [0.25, 0.3) is 11.0 Å². The van der Waals surface area contributed by atoms with Crippen molar-refractivity contribution in [2.24, 2.45) is 7.05 Å². The highest BCUT2D eigenvalue weighted by Crippen LogP contribution is 2.37. The highest BCUT2D eigenvalue weighted by molar-refractivity contribution is 6.07. The smallest absolute Gasteiger partial charge is 0.327 e. The van der Waals surface area contributed by atoms with Crippen LogP contribution in [0.1, 0.15) is 30.7 Å². The predicted molar refractivity (Wildman–Crippen MR) is 136 cm³/mol. The highest BCUT2D eigenvalue weighted by atomic mass is 16.5. The topological polar surface area (TPSA) is 83.8 Å². The molecule has 2 aliphatic rings. The van der Waals surface area contributed by atoms with Crippen molar-refractivity contribution in [1.29, 1.82) is 0 Å². The molecule has 2 saturated heterocycles. The Morgan fingerprint density at radius 3 is 2.58 bits per heavy atom. The lowest BCUT2D eigenvalue weighted by molar-refractivity contribution is -0.136. The van der Waals surface area contributed by atoms with Crippen LogP contribution in [0.5, 0.6) is 0 Å². The van der Waals surface area contributed by atoms with Gasteiger partial charge in [0.2, 0.25) is 0 Å². The van der Waals surface area contributed by atoms with Gasteiger partial charge in [-0.2, -0.15) is 0 Å². The number of piperidine rings is 1. The summed E-state index contributed by atoms with van der Waals surface area (Å²) >= 11 is 0. The Balaban J connectivity index is 1.27. The number of ether oxygens (including phenoxy) is 1. The number of hydrogen-bond donors (Lipinski definition) is 0. The molecule has 9 nitrogen and oxygen atoms in total. The van der Waals surface area contributed by atoms with E-state index >= 15 is 0 Å². The number of carbonyl (C=O) groups excluding carboxylic acids is 2. The fourth-order valence-corrected chi connectivity index (χ4v) is 5.56. The number of para-hydroxylation sites is 2. The molecule has 2 aromatic heterocycles. The number of aromatic nitrogens is 3. The van der Waals surface area contributed by atoms with Gasteiger partial charge in [-0.25, -0.2) is 9.78 Å². The lowest BCUT2D eigenvalue weighted by atomic mass is 9.85. The van der Waals surface area contributed by atoms with Gasteiger partial charge < -0.3 is 14.2 Å². The van der Waals surface area contributed by atoms with Gasteiger partial charge in [0.25, 0.3) is 5.91 Å². The zero-order valence-corrected chi connectivity index (χ0v) is 21.1. The number of rotatable bonds is 9. The van der Waals surface area contributed by atoms with Gasteiger partial charge in [-0.05, 0) is 49.4 Å². The Morgan fingerprint density at radius 1 is 1.06 bits per heavy atom. The Bertz CT molecular complexity index is 1220. The largest absolute Gasteiger partial charge is 0.383 e. The van der Waals surface area contributed by atoms with Gasteiger partial charge >= 0.3 is 6.03 Å². The molecule has 0 saturated carbocycles. The molecule has 5 rings (SSSR count). The second-order valence-corrected chi connectivity index (χ2v) is 9.73. The van der Waals surface area contributed by atoms with E-state index in [1.54, 1.807) is 18.2 Å². The second-order valence-electron chi connectivity index (χ2n) is 9.73. The minimum Gasteiger partial charge on any atom is -0.383 e. The standard InChI is InChI=1S/C27H34N6O3/c1-30-23-10-4-3-9-22(23)29-24(30)20-31-15-11-27(12-16-31)25(34)32(26(35)33(27)17-18-36-2)14-6-8-21-7-5-13-28-19-21/h3-5,7,9-10,13,19H,6,8,11-12,14-18,20H2,1-2H3. The Labute approximate surface area is 211 Å². The Kier molecular flexibility index (Phi) is 7.02. The lowest BCUT2D eigenvalue weighted by Crippen LogP contribution is -2.57. The number of likely N-dealkylation sites (tertiary alicyclic amines) is 1. The van der Waals surface area contributed by atoms with Gasteiger partial charge in [-0.1, -0.05) is 18.2 Å². The van der Waals surface area contributed by atoms with Crippen LogP contribution in [0.15, 0.2) is 48.8 Å². The first-order chi connectivity index (χ1) is 17.5. The van der Waals surface area contributed by atoms with Gasteiger partial charge in [0, 0.05) is 52.7 Å². The van der Waals surface area contributed by atoms with Crippen molar-refractivity contribution in [3.63, 3.8) is 0 Å². The van der Waals surface area contributed by atoms with Crippen LogP contribution in [0.4, 0.5) is 4.79 Å². The number of fused-ring (bicyclic) bond motifs is 1. The Morgan fingerprint density at radius 2 is 1.86 bits per heavy atom. The molecule has 2 aliphatic heterocycles. The van der Waals surface area contributed by atoms with Crippen LogP contribution in [0.2, 0.25) is 0 Å². The monoisotopic (exact) mass is 490 g/mol. The van der Waals surface area contributed by atoms with Crippen LogP contribution < -0.4 is 0 Å². The SMILES string of the molecule is COCCN1C(=O)N(CCCc2cccnc2)C(=O)C12CCN(Cc1nc3ccccc3n1C)CC2. The lowest BCUT2D eigenvalue weighted by Gasteiger charge is -2.42. The second kappa shape index (κ2) is 10.4. The molecular weight excluding hydrogens is 456 g/mol. The van der Waals surface area contributed by atoms with Crippen molar-refractivity contribution in [1.82, 2.24) is 29.2 Å². The normalized spacial score (nSPS) is 18.2. The van der Waals surface area contributed by atoms with Crippen molar-refractivity contribution >= 4 is 23.0 Å². The summed E-state index contributed by atoms with van der Waals surface area (Å²) in [7, 11) is 3.67. The average molecular weight is 491 g/mol. The quantitative estimate of drug-likeness (QED) is 0.429. The molecule has 2 fully saturated rings. The molecule has 0 bridgehead atoms. The molecule has 1 aromatic carbocycles. The third kappa shape index (κ3) is 4.49. The number of imidazole rings is 1. The third-order valence-electron chi connectivity index (χ3n) is 7.64. The molecular formula is C27H34N6O3. The minimum absolute atomic E-state index is 0.0582. The molecule has 3 aromatic rings. The number of nitrogens with zero attached hydrogens (tertiary/aromatic N) is 6. The van der Waals surface area contributed by atoms with Crippen LogP contribution in [-0.2, 0) is 29.5 Å². The van der Waals surface area contributed by atoms with Crippen molar-refractivity contribution < 1.29 is 14.3 Å². The van der Waals surface area contributed by atoms with Crippen molar-refractivity contribution in [3.8, 4) is 0 Å². The van der Waals surface area contributed by atoms with Crippen LogP contribution in [-0.4, -0.2) is 86.6 Å². The summed E-state index contributed by atoms with van der Waals surface area (Å²) in [5, 5.41) is 0. The van der Waals surface area contributed by atoms with Gasteiger partial charge in [0.1, 0.15) is 11.4 Å². The molecule has 1 spiro atoms.